The number of nitrogens with zero attached hydrogens (tertiary/aromatic N) is 2. The SMILES string of the molecule is CCc1ccc(OC)c(-c2cc(C)nc(N)n2)c1. The molecule has 1 aromatic heterocycles. The van der Waals surface area contributed by atoms with Crippen LogP contribution in [0.5, 0.6) is 5.75 Å². The second kappa shape index (κ2) is 5.04. The molecule has 4 nitrogen and oxygen atoms in total. The first-order valence-corrected chi connectivity index (χ1v) is 5.92. The summed E-state index contributed by atoms with van der Waals surface area (Å²) in [5.41, 5.74) is 9.53. The highest BCUT2D eigenvalue weighted by atomic mass is 16.5. The predicted octanol–water partition coefficient (Wildman–Crippen LogP) is 2.61. The van der Waals surface area contributed by atoms with Crippen LogP contribution in [0.4, 0.5) is 5.95 Å². The van der Waals surface area contributed by atoms with E-state index in [2.05, 4.69) is 29.0 Å². The second-order valence-corrected chi connectivity index (χ2v) is 4.14. The number of benzene rings is 1. The van der Waals surface area contributed by atoms with Crippen molar-refractivity contribution in [3.63, 3.8) is 0 Å². The lowest BCUT2D eigenvalue weighted by molar-refractivity contribution is 0.416. The van der Waals surface area contributed by atoms with Gasteiger partial charge in [0.25, 0.3) is 0 Å². The maximum atomic E-state index is 5.70. The molecule has 1 heterocycles. The van der Waals surface area contributed by atoms with Gasteiger partial charge in [-0.1, -0.05) is 13.0 Å². The summed E-state index contributed by atoms with van der Waals surface area (Å²) in [5.74, 6) is 1.08. The molecule has 0 bridgehead atoms. The highest BCUT2D eigenvalue weighted by Gasteiger charge is 2.09. The van der Waals surface area contributed by atoms with Crippen molar-refractivity contribution in [2.75, 3.05) is 12.8 Å². The Hall–Kier alpha value is -2.10. The van der Waals surface area contributed by atoms with Gasteiger partial charge in [-0.05, 0) is 37.1 Å². The molecular formula is C14H17N3O. The van der Waals surface area contributed by atoms with Crippen LogP contribution in [0.3, 0.4) is 0 Å². The average molecular weight is 243 g/mol. The Morgan fingerprint density at radius 3 is 2.61 bits per heavy atom. The van der Waals surface area contributed by atoms with Crippen molar-refractivity contribution in [1.29, 1.82) is 0 Å². The standard InChI is InChI=1S/C14H17N3O/c1-4-10-5-6-13(18-3)11(8-10)12-7-9(2)16-14(15)17-12/h5-8H,4H2,1-3H3,(H2,15,16,17). The third-order valence-electron chi connectivity index (χ3n) is 2.82. The van der Waals surface area contributed by atoms with Crippen LogP contribution < -0.4 is 10.5 Å². The van der Waals surface area contributed by atoms with Crippen molar-refractivity contribution in [3.05, 3.63) is 35.5 Å². The summed E-state index contributed by atoms with van der Waals surface area (Å²) in [6.07, 6.45) is 0.969. The summed E-state index contributed by atoms with van der Waals surface area (Å²) in [4.78, 5) is 8.36. The van der Waals surface area contributed by atoms with Crippen LogP contribution in [0.25, 0.3) is 11.3 Å². The van der Waals surface area contributed by atoms with Gasteiger partial charge in [-0.25, -0.2) is 9.97 Å². The molecule has 2 rings (SSSR count). The van der Waals surface area contributed by atoms with E-state index in [1.165, 1.54) is 5.56 Å². The van der Waals surface area contributed by atoms with Crippen LogP contribution in [0.1, 0.15) is 18.2 Å². The molecule has 2 aromatic rings. The highest BCUT2D eigenvalue weighted by molar-refractivity contribution is 5.69. The van der Waals surface area contributed by atoms with E-state index in [-0.39, 0.29) is 5.95 Å². The number of nitrogen functional groups attached to an aromatic ring is 1. The molecule has 4 heteroatoms. The Kier molecular flexibility index (Phi) is 3.46. The van der Waals surface area contributed by atoms with Gasteiger partial charge < -0.3 is 10.5 Å². The molecule has 0 saturated carbocycles. The van der Waals surface area contributed by atoms with Crippen LogP contribution in [0.15, 0.2) is 24.3 Å². The number of ether oxygens (including phenoxy) is 1. The molecule has 2 N–H and O–H groups in total. The predicted molar refractivity (Wildman–Crippen MR) is 72.5 cm³/mol. The number of methoxy groups -OCH3 is 1. The summed E-state index contributed by atoms with van der Waals surface area (Å²) in [6.45, 7) is 4.02. The first-order chi connectivity index (χ1) is 8.63. The van der Waals surface area contributed by atoms with Gasteiger partial charge >= 0.3 is 0 Å². The number of hydrogen-bond acceptors (Lipinski definition) is 4. The van der Waals surface area contributed by atoms with E-state index < -0.39 is 0 Å². The van der Waals surface area contributed by atoms with E-state index in [9.17, 15) is 0 Å². The molecule has 1 aromatic carbocycles. The van der Waals surface area contributed by atoms with Gasteiger partial charge in [0.05, 0.1) is 12.8 Å². The molecule has 0 radical (unpaired) electrons. The molecule has 0 amide bonds. The number of aryl methyl sites for hydroxylation is 2. The molecule has 18 heavy (non-hydrogen) atoms. The minimum Gasteiger partial charge on any atom is -0.496 e. The quantitative estimate of drug-likeness (QED) is 0.900. The van der Waals surface area contributed by atoms with E-state index in [0.717, 1.165) is 29.1 Å². The third-order valence-corrected chi connectivity index (χ3v) is 2.82. The number of aromatic nitrogens is 2. The van der Waals surface area contributed by atoms with E-state index in [1.807, 2.05) is 19.1 Å². The normalized spacial score (nSPS) is 10.4. The van der Waals surface area contributed by atoms with Crippen molar-refractivity contribution >= 4 is 5.95 Å². The first-order valence-electron chi connectivity index (χ1n) is 5.92. The zero-order valence-electron chi connectivity index (χ0n) is 10.9. The van der Waals surface area contributed by atoms with E-state index in [0.29, 0.717) is 0 Å². The zero-order chi connectivity index (χ0) is 13.1. The molecule has 0 aliphatic heterocycles. The van der Waals surface area contributed by atoms with Crippen LogP contribution in [0, 0.1) is 6.92 Å². The molecule has 0 atom stereocenters. The summed E-state index contributed by atoms with van der Waals surface area (Å²) < 4.78 is 5.38. The van der Waals surface area contributed by atoms with Crippen molar-refractivity contribution in [2.45, 2.75) is 20.3 Å². The lowest BCUT2D eigenvalue weighted by atomic mass is 10.0. The number of anilines is 1. The van der Waals surface area contributed by atoms with Crippen LogP contribution in [0.2, 0.25) is 0 Å². The van der Waals surface area contributed by atoms with Gasteiger partial charge in [0.15, 0.2) is 0 Å². The minimum atomic E-state index is 0.286. The summed E-state index contributed by atoms with van der Waals surface area (Å²) in [5, 5.41) is 0. The van der Waals surface area contributed by atoms with Gasteiger partial charge in [-0.2, -0.15) is 0 Å². The molecule has 0 aliphatic rings. The molecule has 0 fully saturated rings. The minimum absolute atomic E-state index is 0.286. The van der Waals surface area contributed by atoms with Crippen LogP contribution in [-0.2, 0) is 6.42 Å². The lowest BCUT2D eigenvalue weighted by Crippen LogP contribution is -1.99. The Balaban J connectivity index is 2.60. The van der Waals surface area contributed by atoms with Gasteiger partial charge in [-0.3, -0.25) is 0 Å². The van der Waals surface area contributed by atoms with Gasteiger partial charge in [-0.15, -0.1) is 0 Å². The lowest BCUT2D eigenvalue weighted by Gasteiger charge is -2.10. The monoisotopic (exact) mass is 243 g/mol. The molecule has 0 unspecified atom stereocenters. The molecule has 0 aliphatic carbocycles. The van der Waals surface area contributed by atoms with E-state index >= 15 is 0 Å². The fourth-order valence-corrected chi connectivity index (χ4v) is 1.90. The Morgan fingerprint density at radius 1 is 1.22 bits per heavy atom. The topological polar surface area (TPSA) is 61.0 Å². The van der Waals surface area contributed by atoms with Crippen molar-refractivity contribution < 1.29 is 4.74 Å². The van der Waals surface area contributed by atoms with Crippen molar-refractivity contribution in [3.8, 4) is 17.0 Å². The second-order valence-electron chi connectivity index (χ2n) is 4.14. The zero-order valence-corrected chi connectivity index (χ0v) is 10.9. The van der Waals surface area contributed by atoms with Gasteiger partial charge in [0.2, 0.25) is 5.95 Å². The summed E-state index contributed by atoms with van der Waals surface area (Å²) >= 11 is 0. The number of nitrogens with two attached hydrogens (primary N) is 1. The Bertz CT molecular complexity index is 547. The number of hydrogen-bond donors (Lipinski definition) is 1. The van der Waals surface area contributed by atoms with Crippen molar-refractivity contribution in [2.24, 2.45) is 0 Å². The van der Waals surface area contributed by atoms with Gasteiger partial charge in [0, 0.05) is 11.3 Å². The largest absolute Gasteiger partial charge is 0.496 e. The highest BCUT2D eigenvalue weighted by Crippen LogP contribution is 2.30. The van der Waals surface area contributed by atoms with Crippen molar-refractivity contribution in [1.82, 2.24) is 9.97 Å². The Morgan fingerprint density at radius 2 is 2.00 bits per heavy atom. The molecular weight excluding hydrogens is 226 g/mol. The molecule has 94 valence electrons. The average Bonchev–Trinajstić information content (AvgIpc) is 2.36. The maximum absolute atomic E-state index is 5.70. The summed E-state index contributed by atoms with van der Waals surface area (Å²) in [7, 11) is 1.65. The smallest absolute Gasteiger partial charge is 0.220 e. The van der Waals surface area contributed by atoms with Gasteiger partial charge in [0.1, 0.15) is 5.75 Å². The van der Waals surface area contributed by atoms with E-state index in [1.54, 1.807) is 7.11 Å². The Labute approximate surface area is 107 Å². The first kappa shape index (κ1) is 12.4. The maximum Gasteiger partial charge on any atom is 0.220 e. The molecule has 0 spiro atoms. The fraction of sp³-hybridized carbons (Fsp3) is 0.286. The molecule has 0 saturated heterocycles. The van der Waals surface area contributed by atoms with E-state index in [4.69, 9.17) is 10.5 Å². The van der Waals surface area contributed by atoms with Crippen LogP contribution in [-0.4, -0.2) is 17.1 Å². The van der Waals surface area contributed by atoms with Crippen LogP contribution >= 0.6 is 0 Å². The fourth-order valence-electron chi connectivity index (χ4n) is 1.90. The summed E-state index contributed by atoms with van der Waals surface area (Å²) in [6, 6.07) is 8.01. The third kappa shape index (κ3) is 2.42. The number of rotatable bonds is 3.